The third kappa shape index (κ3) is 5.94. The molecule has 0 bridgehead atoms. The van der Waals surface area contributed by atoms with Crippen molar-refractivity contribution in [1.82, 2.24) is 0 Å². The number of para-hydroxylation sites is 2. The number of fused-ring (bicyclic) bond motifs is 2. The highest BCUT2D eigenvalue weighted by Crippen LogP contribution is 2.48. The summed E-state index contributed by atoms with van der Waals surface area (Å²) in [4.78, 5) is 5.21. The summed E-state index contributed by atoms with van der Waals surface area (Å²) >= 11 is 1.90. The summed E-state index contributed by atoms with van der Waals surface area (Å²) in [6.07, 6.45) is 22.0. The number of hydrogen-bond donors (Lipinski definition) is 0. The fourth-order valence-corrected chi connectivity index (χ4v) is 5.85. The number of hydrogen-bond acceptors (Lipinski definition) is 2. The molecule has 0 N–H and O–H groups in total. The summed E-state index contributed by atoms with van der Waals surface area (Å²) in [6.45, 7) is 0. The van der Waals surface area contributed by atoms with Gasteiger partial charge in [0, 0.05) is 16.0 Å². The molecule has 30 heavy (non-hydrogen) atoms. The fraction of sp³-hybridized carbons (Fsp3) is 0.500. The first-order valence-electron chi connectivity index (χ1n) is 12.3. The molecule has 0 aromatic heterocycles. The van der Waals surface area contributed by atoms with E-state index in [0.29, 0.717) is 0 Å². The summed E-state index contributed by atoms with van der Waals surface area (Å²) in [5.41, 5.74) is 4.32. The van der Waals surface area contributed by atoms with Gasteiger partial charge in [-0.1, -0.05) is 106 Å². The van der Waals surface area contributed by atoms with Gasteiger partial charge >= 0.3 is 0 Å². The Balaban J connectivity index is 1.54. The number of nitrogens with zero attached hydrogens (tertiary/aromatic N) is 1. The molecule has 0 amide bonds. The van der Waals surface area contributed by atoms with Gasteiger partial charge in [-0.25, -0.2) is 0 Å². The van der Waals surface area contributed by atoms with Gasteiger partial charge in [-0.3, -0.25) is 0 Å². The lowest BCUT2D eigenvalue weighted by molar-refractivity contribution is 0.548. The van der Waals surface area contributed by atoms with Gasteiger partial charge in [-0.2, -0.15) is 0 Å². The van der Waals surface area contributed by atoms with Crippen molar-refractivity contribution in [2.45, 2.75) is 99.7 Å². The molecule has 1 fully saturated rings. The summed E-state index contributed by atoms with van der Waals surface area (Å²) < 4.78 is 0. The van der Waals surface area contributed by atoms with Crippen LogP contribution in [-0.2, 0) is 0 Å². The Kier molecular flexibility index (Phi) is 8.37. The molecule has 0 radical (unpaired) electrons. The van der Waals surface area contributed by atoms with E-state index < -0.39 is 0 Å². The van der Waals surface area contributed by atoms with Crippen molar-refractivity contribution in [1.29, 1.82) is 0 Å². The molecule has 0 atom stereocenters. The molecule has 0 unspecified atom stereocenters. The van der Waals surface area contributed by atoms with Crippen LogP contribution in [-0.4, -0.2) is 0 Å². The first-order chi connectivity index (χ1) is 14.9. The highest BCUT2D eigenvalue weighted by atomic mass is 32.2. The zero-order chi connectivity index (χ0) is 20.4. The molecule has 0 saturated heterocycles. The van der Waals surface area contributed by atoms with Crippen LogP contribution in [0.3, 0.4) is 0 Å². The van der Waals surface area contributed by atoms with Gasteiger partial charge < -0.3 is 4.90 Å². The normalized spacial score (nSPS) is 19.2. The van der Waals surface area contributed by atoms with E-state index in [2.05, 4.69) is 59.6 Å². The van der Waals surface area contributed by atoms with Crippen LogP contribution in [0.5, 0.6) is 0 Å². The first-order valence-corrected chi connectivity index (χ1v) is 13.1. The maximum atomic E-state index is 2.50. The molecule has 1 heterocycles. The van der Waals surface area contributed by atoms with Crippen molar-refractivity contribution < 1.29 is 0 Å². The van der Waals surface area contributed by atoms with Gasteiger partial charge in [0.2, 0.25) is 0 Å². The first kappa shape index (κ1) is 21.6. The Labute approximate surface area is 188 Å². The van der Waals surface area contributed by atoms with Crippen LogP contribution in [0.4, 0.5) is 11.4 Å². The van der Waals surface area contributed by atoms with Crippen LogP contribution >= 0.6 is 11.8 Å². The highest BCUT2D eigenvalue weighted by molar-refractivity contribution is 7.99. The monoisotopic (exact) mass is 419 g/mol. The molecule has 2 aliphatic rings. The molecule has 2 aromatic carbocycles. The third-order valence-corrected chi connectivity index (χ3v) is 7.66. The number of rotatable bonds is 1. The van der Waals surface area contributed by atoms with E-state index >= 15 is 0 Å². The van der Waals surface area contributed by atoms with E-state index in [-0.39, 0.29) is 0 Å². The van der Waals surface area contributed by atoms with Gasteiger partial charge in [0.15, 0.2) is 0 Å². The second-order valence-electron chi connectivity index (χ2n) is 8.94. The van der Waals surface area contributed by atoms with Crippen molar-refractivity contribution in [3.63, 3.8) is 0 Å². The van der Waals surface area contributed by atoms with E-state index in [9.17, 15) is 0 Å². The van der Waals surface area contributed by atoms with Crippen molar-refractivity contribution >= 4 is 23.1 Å². The molecular weight excluding hydrogens is 382 g/mol. The summed E-state index contributed by atoms with van der Waals surface area (Å²) in [5, 5.41) is 0. The topological polar surface area (TPSA) is 3.24 Å². The Morgan fingerprint density at radius 3 is 1.40 bits per heavy atom. The standard InChI is InChI=1S/C28H37NS/c1-2-4-6-8-10-12-18-24(17-11-9-7-5-3-1)23-29-25-19-13-15-21-27(25)30-28-22-16-14-20-26(28)29/h13-16,19-23H,1-12,17-18H2. The van der Waals surface area contributed by atoms with Gasteiger partial charge in [0.1, 0.15) is 0 Å². The largest absolute Gasteiger partial charge is 0.315 e. The molecule has 2 heteroatoms. The summed E-state index contributed by atoms with van der Waals surface area (Å²) in [6, 6.07) is 17.8. The van der Waals surface area contributed by atoms with Crippen LogP contribution in [0.1, 0.15) is 89.9 Å². The maximum Gasteiger partial charge on any atom is 0.0595 e. The van der Waals surface area contributed by atoms with E-state index in [1.54, 1.807) is 5.57 Å². The Bertz CT molecular complexity index is 761. The van der Waals surface area contributed by atoms with Gasteiger partial charge in [0.25, 0.3) is 0 Å². The fourth-order valence-electron chi connectivity index (χ4n) is 4.78. The van der Waals surface area contributed by atoms with Crippen molar-refractivity contribution in [2.75, 3.05) is 4.90 Å². The van der Waals surface area contributed by atoms with Crippen molar-refractivity contribution in [3.8, 4) is 0 Å². The quantitative estimate of drug-likeness (QED) is 0.452. The van der Waals surface area contributed by atoms with Crippen LogP contribution in [0.25, 0.3) is 0 Å². The van der Waals surface area contributed by atoms with Crippen LogP contribution < -0.4 is 4.90 Å². The Morgan fingerprint density at radius 1 is 0.533 bits per heavy atom. The highest BCUT2D eigenvalue weighted by Gasteiger charge is 2.21. The second-order valence-corrected chi connectivity index (χ2v) is 10.0. The molecule has 0 spiro atoms. The smallest absolute Gasteiger partial charge is 0.0595 e. The Morgan fingerprint density at radius 2 is 0.933 bits per heavy atom. The van der Waals surface area contributed by atoms with E-state index in [4.69, 9.17) is 0 Å². The van der Waals surface area contributed by atoms with Gasteiger partial charge in [-0.05, 0) is 49.9 Å². The number of anilines is 2. The lowest BCUT2D eigenvalue weighted by atomic mass is 10.0. The van der Waals surface area contributed by atoms with Crippen molar-refractivity contribution in [2.24, 2.45) is 0 Å². The lowest BCUT2D eigenvalue weighted by Gasteiger charge is -2.31. The number of benzene rings is 2. The van der Waals surface area contributed by atoms with E-state index in [0.717, 1.165) is 0 Å². The molecule has 2 aromatic rings. The average molecular weight is 420 g/mol. The zero-order valence-electron chi connectivity index (χ0n) is 18.5. The molecular formula is C28H37NS. The third-order valence-electron chi connectivity index (χ3n) is 6.53. The van der Waals surface area contributed by atoms with E-state index in [1.807, 2.05) is 11.8 Å². The molecule has 1 saturated carbocycles. The molecule has 1 aliphatic carbocycles. The minimum atomic E-state index is 1.26. The predicted octanol–water partition coefficient (Wildman–Crippen LogP) is 9.65. The SMILES string of the molecule is C(=C1CCCCCCCCCCCCCC1)N1c2ccccc2Sc2ccccc21. The lowest BCUT2D eigenvalue weighted by Crippen LogP contribution is -2.14. The number of allylic oxidation sites excluding steroid dienone is 1. The average Bonchev–Trinajstić information content (AvgIpc) is 2.79. The van der Waals surface area contributed by atoms with Crippen molar-refractivity contribution in [3.05, 3.63) is 60.3 Å². The minimum absolute atomic E-state index is 1.26. The van der Waals surface area contributed by atoms with Gasteiger partial charge in [0.05, 0.1) is 11.4 Å². The summed E-state index contributed by atoms with van der Waals surface area (Å²) in [7, 11) is 0. The van der Waals surface area contributed by atoms with E-state index in [1.165, 1.54) is 111 Å². The second kappa shape index (κ2) is 11.6. The van der Waals surface area contributed by atoms with Gasteiger partial charge in [-0.15, -0.1) is 0 Å². The zero-order valence-corrected chi connectivity index (χ0v) is 19.3. The molecule has 160 valence electrons. The van der Waals surface area contributed by atoms with Crippen LogP contribution in [0.15, 0.2) is 70.1 Å². The molecule has 4 rings (SSSR count). The summed E-state index contributed by atoms with van der Waals surface area (Å²) in [5.74, 6) is 0. The minimum Gasteiger partial charge on any atom is -0.315 e. The maximum absolute atomic E-state index is 2.50. The van der Waals surface area contributed by atoms with Crippen LogP contribution in [0, 0.1) is 0 Å². The predicted molar refractivity (Wildman–Crippen MR) is 132 cm³/mol. The molecule has 1 aliphatic heterocycles. The van der Waals surface area contributed by atoms with Crippen LogP contribution in [0.2, 0.25) is 0 Å². The molecule has 1 nitrogen and oxygen atoms in total. The Hall–Kier alpha value is -1.67.